The molecule has 0 saturated carbocycles. The van der Waals surface area contributed by atoms with Crippen molar-refractivity contribution < 1.29 is 14.6 Å². The van der Waals surface area contributed by atoms with E-state index in [1.54, 1.807) is 0 Å². The van der Waals surface area contributed by atoms with Crippen LogP contribution in [0.5, 0.6) is 5.75 Å². The van der Waals surface area contributed by atoms with E-state index in [2.05, 4.69) is 4.90 Å². The Kier molecular flexibility index (Phi) is 6.54. The van der Waals surface area contributed by atoms with Crippen molar-refractivity contribution >= 4 is 5.97 Å². The second kappa shape index (κ2) is 8.67. The van der Waals surface area contributed by atoms with E-state index in [4.69, 9.17) is 4.74 Å². The van der Waals surface area contributed by atoms with Crippen molar-refractivity contribution in [3.63, 3.8) is 0 Å². The molecule has 1 fully saturated rings. The second-order valence-electron chi connectivity index (χ2n) is 5.61. The van der Waals surface area contributed by atoms with E-state index in [9.17, 15) is 9.90 Å². The number of nitrogens with zero attached hydrogens (tertiary/aromatic N) is 1. The van der Waals surface area contributed by atoms with E-state index >= 15 is 0 Å². The zero-order chi connectivity index (χ0) is 14.9. The first-order chi connectivity index (χ1) is 10.3. The Morgan fingerprint density at radius 3 is 2.76 bits per heavy atom. The van der Waals surface area contributed by atoms with Crippen molar-refractivity contribution in [2.75, 3.05) is 19.7 Å². The van der Waals surface area contributed by atoms with Gasteiger partial charge in [-0.3, -0.25) is 9.69 Å². The van der Waals surface area contributed by atoms with Crippen molar-refractivity contribution in [2.24, 2.45) is 0 Å². The summed E-state index contributed by atoms with van der Waals surface area (Å²) in [7, 11) is 0. The molecule has 0 radical (unpaired) electrons. The maximum atomic E-state index is 11.2. The SMILES string of the molecule is O=C(O)C1CCCCN1CCCCCOc1ccccc1. The van der Waals surface area contributed by atoms with E-state index in [1.807, 2.05) is 30.3 Å². The van der Waals surface area contributed by atoms with E-state index in [0.717, 1.165) is 64.0 Å². The highest BCUT2D eigenvalue weighted by Crippen LogP contribution is 2.18. The van der Waals surface area contributed by atoms with Gasteiger partial charge in [-0.1, -0.05) is 24.6 Å². The lowest BCUT2D eigenvalue weighted by atomic mass is 10.0. The maximum Gasteiger partial charge on any atom is 0.320 e. The Balaban J connectivity index is 1.57. The Bertz CT molecular complexity index is 421. The number of rotatable bonds is 8. The van der Waals surface area contributed by atoms with Gasteiger partial charge in [0.25, 0.3) is 0 Å². The fourth-order valence-electron chi connectivity index (χ4n) is 2.84. The van der Waals surface area contributed by atoms with Crippen molar-refractivity contribution in [2.45, 2.75) is 44.6 Å². The Hall–Kier alpha value is -1.55. The highest BCUT2D eigenvalue weighted by molar-refractivity contribution is 5.73. The molecule has 1 N–H and O–H groups in total. The standard InChI is InChI=1S/C17H25NO3/c19-17(20)16-11-5-7-13-18(16)12-6-2-8-14-21-15-9-3-1-4-10-15/h1,3-4,9-10,16H,2,5-8,11-14H2,(H,19,20). The predicted molar refractivity (Wildman–Crippen MR) is 82.6 cm³/mol. The van der Waals surface area contributed by atoms with Crippen LogP contribution in [0.2, 0.25) is 0 Å². The quantitative estimate of drug-likeness (QED) is 0.747. The minimum absolute atomic E-state index is 0.265. The van der Waals surface area contributed by atoms with Gasteiger partial charge >= 0.3 is 5.97 Å². The van der Waals surface area contributed by atoms with Crippen molar-refractivity contribution in [3.8, 4) is 5.75 Å². The Labute approximate surface area is 126 Å². The van der Waals surface area contributed by atoms with E-state index in [0.29, 0.717) is 0 Å². The van der Waals surface area contributed by atoms with Crippen molar-refractivity contribution in [1.82, 2.24) is 4.90 Å². The van der Waals surface area contributed by atoms with Crippen molar-refractivity contribution in [1.29, 1.82) is 0 Å². The number of ether oxygens (including phenoxy) is 1. The molecule has 1 atom stereocenters. The van der Waals surface area contributed by atoms with Crippen LogP contribution in [-0.2, 0) is 4.79 Å². The summed E-state index contributed by atoms with van der Waals surface area (Å²) in [6.45, 7) is 2.55. The molecular weight excluding hydrogens is 266 g/mol. The lowest BCUT2D eigenvalue weighted by molar-refractivity contribution is -0.144. The molecule has 1 saturated heterocycles. The summed E-state index contributed by atoms with van der Waals surface area (Å²) in [5.74, 6) is 0.251. The average Bonchev–Trinajstić information content (AvgIpc) is 2.52. The van der Waals surface area contributed by atoms with Crippen LogP contribution in [-0.4, -0.2) is 41.7 Å². The molecule has 1 unspecified atom stereocenters. The smallest absolute Gasteiger partial charge is 0.320 e. The highest BCUT2D eigenvalue weighted by atomic mass is 16.5. The topological polar surface area (TPSA) is 49.8 Å². The molecular formula is C17H25NO3. The summed E-state index contributed by atoms with van der Waals surface area (Å²) in [6, 6.07) is 9.58. The fraction of sp³-hybridized carbons (Fsp3) is 0.588. The molecule has 4 heteroatoms. The minimum Gasteiger partial charge on any atom is -0.494 e. The van der Waals surface area contributed by atoms with Crippen LogP contribution >= 0.6 is 0 Å². The van der Waals surface area contributed by atoms with E-state index < -0.39 is 5.97 Å². The Morgan fingerprint density at radius 1 is 1.19 bits per heavy atom. The van der Waals surface area contributed by atoms with Crippen LogP contribution in [0.1, 0.15) is 38.5 Å². The number of carboxylic acid groups (broad SMARTS) is 1. The van der Waals surface area contributed by atoms with Gasteiger partial charge in [-0.2, -0.15) is 0 Å². The monoisotopic (exact) mass is 291 g/mol. The normalized spacial score (nSPS) is 19.3. The molecule has 1 heterocycles. The molecule has 1 aromatic rings. The summed E-state index contributed by atoms with van der Waals surface area (Å²) in [4.78, 5) is 13.3. The van der Waals surface area contributed by atoms with Crippen LogP contribution in [0.3, 0.4) is 0 Å². The summed E-state index contributed by atoms with van der Waals surface area (Å²) < 4.78 is 5.65. The first-order valence-electron chi connectivity index (χ1n) is 7.92. The number of aliphatic carboxylic acids is 1. The van der Waals surface area contributed by atoms with Crippen LogP contribution in [0.15, 0.2) is 30.3 Å². The highest BCUT2D eigenvalue weighted by Gasteiger charge is 2.27. The zero-order valence-electron chi connectivity index (χ0n) is 12.5. The molecule has 1 aliphatic heterocycles. The molecule has 4 nitrogen and oxygen atoms in total. The summed E-state index contributed by atoms with van der Waals surface area (Å²) in [5.41, 5.74) is 0. The molecule has 0 spiro atoms. The lowest BCUT2D eigenvalue weighted by Gasteiger charge is -2.32. The lowest BCUT2D eigenvalue weighted by Crippen LogP contribution is -2.44. The number of unbranched alkanes of at least 4 members (excludes halogenated alkanes) is 2. The Morgan fingerprint density at radius 2 is 2.00 bits per heavy atom. The number of para-hydroxylation sites is 1. The van der Waals surface area contributed by atoms with Gasteiger partial charge in [0.2, 0.25) is 0 Å². The third kappa shape index (κ3) is 5.38. The van der Waals surface area contributed by atoms with Crippen LogP contribution < -0.4 is 4.74 Å². The van der Waals surface area contributed by atoms with Gasteiger partial charge in [-0.05, 0) is 57.3 Å². The van der Waals surface area contributed by atoms with Gasteiger partial charge in [-0.15, -0.1) is 0 Å². The number of likely N-dealkylation sites (tertiary alicyclic amines) is 1. The summed E-state index contributed by atoms with van der Waals surface area (Å²) in [5, 5.41) is 9.21. The van der Waals surface area contributed by atoms with Crippen LogP contribution in [0.4, 0.5) is 0 Å². The predicted octanol–water partition coefficient (Wildman–Crippen LogP) is 3.17. The first-order valence-corrected chi connectivity index (χ1v) is 7.92. The average molecular weight is 291 g/mol. The van der Waals surface area contributed by atoms with Crippen molar-refractivity contribution in [3.05, 3.63) is 30.3 Å². The van der Waals surface area contributed by atoms with Gasteiger partial charge in [0, 0.05) is 0 Å². The van der Waals surface area contributed by atoms with Crippen LogP contribution in [0, 0.1) is 0 Å². The molecule has 2 rings (SSSR count). The van der Waals surface area contributed by atoms with Gasteiger partial charge in [0.1, 0.15) is 11.8 Å². The third-order valence-electron chi connectivity index (χ3n) is 4.00. The molecule has 21 heavy (non-hydrogen) atoms. The van der Waals surface area contributed by atoms with E-state index in [-0.39, 0.29) is 6.04 Å². The first kappa shape index (κ1) is 15.8. The third-order valence-corrected chi connectivity index (χ3v) is 4.00. The van der Waals surface area contributed by atoms with E-state index in [1.165, 1.54) is 0 Å². The number of hydrogen-bond acceptors (Lipinski definition) is 3. The molecule has 116 valence electrons. The van der Waals surface area contributed by atoms with Gasteiger partial charge in [0.15, 0.2) is 0 Å². The van der Waals surface area contributed by atoms with Gasteiger partial charge < -0.3 is 9.84 Å². The molecule has 0 aliphatic carbocycles. The zero-order valence-corrected chi connectivity index (χ0v) is 12.5. The fourth-order valence-corrected chi connectivity index (χ4v) is 2.84. The van der Waals surface area contributed by atoms with Gasteiger partial charge in [0.05, 0.1) is 6.61 Å². The molecule has 1 aliphatic rings. The second-order valence-corrected chi connectivity index (χ2v) is 5.61. The number of carboxylic acids is 1. The maximum absolute atomic E-state index is 11.2. The largest absolute Gasteiger partial charge is 0.494 e. The number of benzene rings is 1. The number of hydrogen-bond donors (Lipinski definition) is 1. The summed E-state index contributed by atoms with van der Waals surface area (Å²) >= 11 is 0. The van der Waals surface area contributed by atoms with Crippen LogP contribution in [0.25, 0.3) is 0 Å². The minimum atomic E-state index is -0.665. The molecule has 1 aromatic carbocycles. The molecule has 0 amide bonds. The summed E-state index contributed by atoms with van der Waals surface area (Å²) in [6.07, 6.45) is 6.10. The number of carbonyl (C=O) groups is 1. The molecule has 0 aromatic heterocycles. The molecule has 0 bridgehead atoms. The number of piperidine rings is 1. The van der Waals surface area contributed by atoms with Gasteiger partial charge in [-0.25, -0.2) is 0 Å².